The maximum Gasteiger partial charge on any atom is 0.296 e. The maximum absolute atomic E-state index is 12.6. The van der Waals surface area contributed by atoms with Gasteiger partial charge in [0, 0.05) is 25.9 Å². The summed E-state index contributed by atoms with van der Waals surface area (Å²) in [7, 11) is 5.76. The van der Waals surface area contributed by atoms with E-state index in [4.69, 9.17) is 17.3 Å². The molecular formula is C21H23BN2O3. The number of carbonyl (C=O) groups is 1. The van der Waals surface area contributed by atoms with Crippen LogP contribution >= 0.6 is 0 Å². The van der Waals surface area contributed by atoms with Gasteiger partial charge in [0.15, 0.2) is 5.60 Å². The summed E-state index contributed by atoms with van der Waals surface area (Å²) in [5.41, 5.74) is 1.61. The Balaban J connectivity index is 1.48. The fourth-order valence-corrected chi connectivity index (χ4v) is 4.34. The third kappa shape index (κ3) is 3.02. The topological polar surface area (TPSA) is 51.1 Å². The predicted molar refractivity (Wildman–Crippen MR) is 104 cm³/mol. The number of hydrogen-bond acceptors (Lipinski definition) is 4. The molecule has 1 spiro atoms. The van der Waals surface area contributed by atoms with Gasteiger partial charge in [-0.1, -0.05) is 30.3 Å². The van der Waals surface area contributed by atoms with Crippen molar-refractivity contribution in [3.05, 3.63) is 60.1 Å². The van der Waals surface area contributed by atoms with Crippen LogP contribution in [0.4, 0.5) is 0 Å². The van der Waals surface area contributed by atoms with E-state index in [2.05, 4.69) is 36.3 Å². The molecule has 1 saturated heterocycles. The Morgan fingerprint density at radius 3 is 2.78 bits per heavy atom. The first-order valence-corrected chi connectivity index (χ1v) is 9.32. The second-order valence-corrected chi connectivity index (χ2v) is 7.55. The van der Waals surface area contributed by atoms with Crippen LogP contribution in [0.3, 0.4) is 0 Å². The quantitative estimate of drug-likeness (QED) is 0.611. The first kappa shape index (κ1) is 18.0. The molecule has 5 nitrogen and oxygen atoms in total. The van der Waals surface area contributed by atoms with Gasteiger partial charge in [0.1, 0.15) is 7.85 Å². The molecule has 0 saturated carbocycles. The number of amides is 1. The van der Waals surface area contributed by atoms with Crippen molar-refractivity contribution >= 4 is 19.8 Å². The van der Waals surface area contributed by atoms with Gasteiger partial charge in [-0.15, -0.1) is 18.6 Å². The molecule has 0 bridgehead atoms. The minimum Gasteiger partial charge on any atom is -0.447 e. The molecular weight excluding hydrogens is 339 g/mol. The van der Waals surface area contributed by atoms with Crippen LogP contribution in [0, 0.1) is 0 Å². The highest BCUT2D eigenvalue weighted by molar-refractivity contribution is 6.21. The molecule has 1 amide bonds. The van der Waals surface area contributed by atoms with Crippen LogP contribution in [0.25, 0.3) is 0 Å². The van der Waals surface area contributed by atoms with Crippen LogP contribution in [0.1, 0.15) is 36.8 Å². The molecule has 0 aliphatic carbocycles. The molecule has 0 aromatic heterocycles. The molecule has 3 aliphatic rings. The van der Waals surface area contributed by atoms with Crippen LogP contribution in [0.5, 0.6) is 0 Å². The van der Waals surface area contributed by atoms with Gasteiger partial charge in [-0.2, -0.15) is 4.99 Å². The predicted octanol–water partition coefficient (Wildman–Crippen LogP) is 2.81. The summed E-state index contributed by atoms with van der Waals surface area (Å²) in [4.78, 5) is 18.8. The van der Waals surface area contributed by atoms with Gasteiger partial charge in [0.05, 0.1) is 12.2 Å². The number of ether oxygens (including phenoxy) is 2. The molecule has 6 heteroatoms. The van der Waals surface area contributed by atoms with Crippen molar-refractivity contribution in [2.75, 3.05) is 13.1 Å². The van der Waals surface area contributed by atoms with Crippen LogP contribution in [-0.4, -0.2) is 43.4 Å². The lowest BCUT2D eigenvalue weighted by Crippen LogP contribution is -2.47. The first-order valence-electron chi connectivity index (χ1n) is 9.32. The molecule has 1 fully saturated rings. The molecule has 1 atom stereocenters. The molecule has 1 aromatic carbocycles. The van der Waals surface area contributed by atoms with E-state index in [9.17, 15) is 4.79 Å². The second kappa shape index (κ2) is 6.68. The maximum atomic E-state index is 12.6. The lowest BCUT2D eigenvalue weighted by Gasteiger charge is -2.40. The van der Waals surface area contributed by atoms with E-state index in [-0.39, 0.29) is 17.9 Å². The first-order chi connectivity index (χ1) is 13.0. The van der Waals surface area contributed by atoms with E-state index in [0.717, 1.165) is 12.8 Å². The summed E-state index contributed by atoms with van der Waals surface area (Å²) in [5, 5.41) is 0. The number of likely N-dealkylation sites (tertiary alicyclic amines) is 1. The lowest BCUT2D eigenvalue weighted by atomic mass is 9.83. The van der Waals surface area contributed by atoms with Crippen LogP contribution in [-0.2, 0) is 26.5 Å². The Morgan fingerprint density at radius 2 is 2.07 bits per heavy atom. The van der Waals surface area contributed by atoms with Gasteiger partial charge in [0.25, 0.3) is 11.9 Å². The van der Waals surface area contributed by atoms with Crippen LogP contribution < -0.4 is 0 Å². The van der Waals surface area contributed by atoms with Gasteiger partial charge < -0.3 is 14.4 Å². The van der Waals surface area contributed by atoms with Gasteiger partial charge in [-0.25, -0.2) is 0 Å². The number of carbonyl (C=O) groups excluding carboxylic acids is 1. The van der Waals surface area contributed by atoms with Crippen molar-refractivity contribution < 1.29 is 14.3 Å². The van der Waals surface area contributed by atoms with Gasteiger partial charge >= 0.3 is 0 Å². The van der Waals surface area contributed by atoms with Gasteiger partial charge in [-0.3, -0.25) is 4.79 Å². The highest BCUT2D eigenvalue weighted by Crippen LogP contribution is 2.44. The molecule has 3 aliphatic heterocycles. The zero-order valence-corrected chi connectivity index (χ0v) is 15.4. The van der Waals surface area contributed by atoms with Crippen LogP contribution in [0.15, 0.2) is 54.0 Å². The van der Waals surface area contributed by atoms with E-state index in [1.165, 1.54) is 11.1 Å². The summed E-state index contributed by atoms with van der Waals surface area (Å²) in [6.45, 7) is 9.54. The van der Waals surface area contributed by atoms with E-state index < -0.39 is 5.60 Å². The summed E-state index contributed by atoms with van der Waals surface area (Å²) in [6.07, 6.45) is 3.91. The minimum atomic E-state index is -1.10. The molecule has 27 heavy (non-hydrogen) atoms. The molecule has 0 N–H and O–H groups in total. The molecule has 4 rings (SSSR count). The standard InChI is InChI=1S/C21H23BN2O3/c1-3-8-21(13-15(2)22)18(25)23-19(27-21)24-11-9-20(10-12-24)17-7-5-4-6-16(17)14-26-20/h3-7H,1-2,8-14H2. The average molecular weight is 362 g/mol. The average Bonchev–Trinajstić information content (AvgIpc) is 3.15. The van der Waals surface area contributed by atoms with E-state index >= 15 is 0 Å². The van der Waals surface area contributed by atoms with Crippen molar-refractivity contribution in [3.8, 4) is 0 Å². The zero-order valence-electron chi connectivity index (χ0n) is 15.4. The van der Waals surface area contributed by atoms with E-state index in [0.29, 0.717) is 37.6 Å². The molecule has 1 aromatic rings. The highest BCUT2D eigenvalue weighted by atomic mass is 16.5. The van der Waals surface area contributed by atoms with Crippen molar-refractivity contribution in [3.63, 3.8) is 0 Å². The van der Waals surface area contributed by atoms with Crippen molar-refractivity contribution in [1.82, 2.24) is 4.90 Å². The summed E-state index contributed by atoms with van der Waals surface area (Å²) in [5.74, 6) is -0.313. The minimum absolute atomic E-state index is 0.235. The summed E-state index contributed by atoms with van der Waals surface area (Å²) >= 11 is 0. The third-order valence-corrected chi connectivity index (χ3v) is 5.71. The fraction of sp³-hybridized carbons (Fsp3) is 0.429. The zero-order chi connectivity index (χ0) is 19.1. The molecule has 3 heterocycles. The molecule has 138 valence electrons. The van der Waals surface area contributed by atoms with Crippen molar-refractivity contribution in [2.45, 2.75) is 43.5 Å². The monoisotopic (exact) mass is 362 g/mol. The Hall–Kier alpha value is -2.34. The van der Waals surface area contributed by atoms with Crippen molar-refractivity contribution in [2.24, 2.45) is 4.99 Å². The number of piperidine rings is 1. The highest BCUT2D eigenvalue weighted by Gasteiger charge is 2.49. The van der Waals surface area contributed by atoms with Crippen molar-refractivity contribution in [1.29, 1.82) is 0 Å². The van der Waals surface area contributed by atoms with Crippen LogP contribution in [0.2, 0.25) is 0 Å². The van der Waals surface area contributed by atoms with Gasteiger partial charge in [-0.05, 0) is 24.0 Å². The Bertz CT molecular complexity index is 826. The SMILES string of the molecule is [B]C(=C)CC1(CC=C)OC(N2CCC3(CC2)OCc2ccccc23)=NC1=O. The van der Waals surface area contributed by atoms with Gasteiger partial charge in [0.2, 0.25) is 0 Å². The number of aliphatic imine (C=N–C) groups is 1. The number of rotatable bonds is 4. The largest absolute Gasteiger partial charge is 0.447 e. The number of fused-ring (bicyclic) bond motifs is 2. The molecule has 2 radical (unpaired) electrons. The summed E-state index contributed by atoms with van der Waals surface area (Å²) < 4.78 is 12.2. The second-order valence-electron chi connectivity index (χ2n) is 7.55. The Kier molecular flexibility index (Phi) is 4.46. The Labute approximate surface area is 161 Å². The smallest absolute Gasteiger partial charge is 0.296 e. The number of benzene rings is 1. The third-order valence-electron chi connectivity index (χ3n) is 5.71. The summed E-state index contributed by atoms with van der Waals surface area (Å²) in [6, 6.07) is 8.78. The van der Waals surface area contributed by atoms with E-state index in [1.54, 1.807) is 6.08 Å². The normalized spacial score (nSPS) is 25.9. The fourth-order valence-electron chi connectivity index (χ4n) is 4.34. The van der Waals surface area contributed by atoms with E-state index in [1.807, 2.05) is 11.0 Å². The number of nitrogens with zero attached hydrogens (tertiary/aromatic N) is 2. The molecule has 1 unspecified atom stereocenters. The number of hydrogen-bond donors (Lipinski definition) is 0. The lowest BCUT2D eigenvalue weighted by molar-refractivity contribution is -0.130. The Morgan fingerprint density at radius 1 is 1.33 bits per heavy atom. The number of amidine groups is 1.